The third kappa shape index (κ3) is 3.40. The fourth-order valence-corrected chi connectivity index (χ4v) is 2.39. The van der Waals surface area contributed by atoms with E-state index in [1.807, 2.05) is 30.3 Å². The highest BCUT2D eigenvalue weighted by atomic mass is 16.6. The van der Waals surface area contributed by atoms with E-state index in [1.54, 1.807) is 12.1 Å². The lowest BCUT2D eigenvalue weighted by atomic mass is 10.0. The largest absolute Gasteiger partial charge is 0.473 e. The molecule has 0 unspecified atom stereocenters. The number of nitrogens with zero attached hydrogens (tertiary/aromatic N) is 2. The van der Waals surface area contributed by atoms with Gasteiger partial charge in [0.2, 0.25) is 0 Å². The molecule has 24 heavy (non-hydrogen) atoms. The number of carbonyl (C=O) groups is 1. The molecular weight excluding hydrogens is 312 g/mol. The van der Waals surface area contributed by atoms with Gasteiger partial charge in [-0.3, -0.25) is 10.1 Å². The van der Waals surface area contributed by atoms with Gasteiger partial charge >= 0.3 is 5.97 Å². The molecule has 1 heterocycles. The molecule has 0 saturated carbocycles. The molecule has 122 valence electrons. The van der Waals surface area contributed by atoms with Crippen molar-refractivity contribution < 1.29 is 19.2 Å². The zero-order valence-electron chi connectivity index (χ0n) is 12.6. The van der Waals surface area contributed by atoms with Crippen molar-refractivity contribution in [2.45, 2.75) is 18.8 Å². The summed E-state index contributed by atoms with van der Waals surface area (Å²) >= 11 is 0. The molecule has 0 fully saturated rings. The van der Waals surface area contributed by atoms with Crippen LogP contribution in [0.25, 0.3) is 0 Å². The van der Waals surface area contributed by atoms with Gasteiger partial charge in [-0.2, -0.15) is 0 Å². The van der Waals surface area contributed by atoms with Crippen LogP contribution in [0.15, 0.2) is 59.6 Å². The number of esters is 1. The number of nitro groups is 1. The van der Waals surface area contributed by atoms with Crippen molar-refractivity contribution in [2.24, 2.45) is 4.99 Å². The molecular formula is C17H14N2O5. The predicted molar refractivity (Wildman–Crippen MR) is 85.4 cm³/mol. The number of rotatable bonds is 5. The van der Waals surface area contributed by atoms with Crippen molar-refractivity contribution in [1.82, 2.24) is 0 Å². The third-order valence-electron chi connectivity index (χ3n) is 3.59. The van der Waals surface area contributed by atoms with E-state index in [2.05, 4.69) is 4.99 Å². The van der Waals surface area contributed by atoms with Gasteiger partial charge in [0.05, 0.1) is 4.92 Å². The highest BCUT2D eigenvalue weighted by Gasteiger charge is 2.36. The van der Waals surface area contributed by atoms with Crippen LogP contribution in [-0.2, 0) is 20.9 Å². The highest BCUT2D eigenvalue weighted by Crippen LogP contribution is 2.30. The summed E-state index contributed by atoms with van der Waals surface area (Å²) in [7, 11) is 0. The van der Waals surface area contributed by atoms with E-state index in [0.717, 1.165) is 5.56 Å². The zero-order chi connectivity index (χ0) is 16.9. The minimum Gasteiger partial charge on any atom is -0.473 e. The first kappa shape index (κ1) is 15.7. The van der Waals surface area contributed by atoms with Crippen molar-refractivity contribution in [1.29, 1.82) is 0 Å². The Kier molecular flexibility index (Phi) is 4.51. The van der Waals surface area contributed by atoms with E-state index in [-0.39, 0.29) is 12.3 Å². The maximum atomic E-state index is 12.3. The zero-order valence-corrected chi connectivity index (χ0v) is 12.6. The van der Waals surface area contributed by atoms with Gasteiger partial charge in [-0.1, -0.05) is 42.5 Å². The lowest BCUT2D eigenvalue weighted by Crippen LogP contribution is -2.26. The number of nitro benzene ring substituents is 1. The van der Waals surface area contributed by atoms with Crippen molar-refractivity contribution in [3.05, 3.63) is 75.8 Å². The Morgan fingerprint density at radius 2 is 2.00 bits per heavy atom. The molecule has 0 radical (unpaired) electrons. The van der Waals surface area contributed by atoms with Crippen molar-refractivity contribution >= 4 is 18.1 Å². The van der Waals surface area contributed by atoms with Gasteiger partial charge in [0.15, 0.2) is 18.5 Å². The molecule has 2 atom stereocenters. The Bertz CT molecular complexity index is 776. The van der Waals surface area contributed by atoms with Gasteiger partial charge in [-0.15, -0.1) is 0 Å². The molecule has 0 aliphatic carbocycles. The summed E-state index contributed by atoms with van der Waals surface area (Å²) in [6.07, 6.45) is 0.450. The van der Waals surface area contributed by atoms with Crippen molar-refractivity contribution in [3.8, 4) is 0 Å². The molecule has 0 aromatic heterocycles. The molecule has 0 spiro atoms. The normalized spacial score (nSPS) is 18.8. The lowest BCUT2D eigenvalue weighted by molar-refractivity contribution is -0.385. The minimum atomic E-state index is -0.879. The predicted octanol–water partition coefficient (Wildman–Crippen LogP) is 2.81. The van der Waals surface area contributed by atoms with Gasteiger partial charge in [-0.05, 0) is 5.56 Å². The number of aliphatic imine (C=N–C) groups is 1. The summed E-state index contributed by atoms with van der Waals surface area (Å²) in [5.74, 6) is -0.538. The van der Waals surface area contributed by atoms with Crippen LogP contribution in [-0.4, -0.2) is 23.3 Å². The van der Waals surface area contributed by atoms with Crippen LogP contribution in [0.5, 0.6) is 0 Å². The first-order valence-electron chi connectivity index (χ1n) is 7.27. The number of hydrogen-bond acceptors (Lipinski definition) is 6. The minimum absolute atomic E-state index is 0.0700. The van der Waals surface area contributed by atoms with E-state index < -0.39 is 23.0 Å². The number of carbonyl (C=O) groups excluding carboxylic acids is 1. The quantitative estimate of drug-likeness (QED) is 0.479. The summed E-state index contributed by atoms with van der Waals surface area (Å²) in [5, 5.41) is 10.9. The molecule has 0 N–H and O–H groups in total. The maximum absolute atomic E-state index is 12.3. The second-order valence-electron chi connectivity index (χ2n) is 5.20. The second kappa shape index (κ2) is 6.91. The van der Waals surface area contributed by atoms with Gasteiger partial charge in [0, 0.05) is 17.7 Å². The van der Waals surface area contributed by atoms with Crippen LogP contribution >= 0.6 is 0 Å². The second-order valence-corrected chi connectivity index (χ2v) is 5.20. The molecule has 0 amide bonds. The standard InChI is InChI=1S/C17H14N2O5/c20-17(23-10-12-5-2-1-3-6-12)15-16(24-11-18-15)13-7-4-8-14(9-13)19(21)22/h1-9,11,15-16H,10H2/t15-,16+/m0/s1. The number of benzene rings is 2. The Hall–Kier alpha value is -3.22. The van der Waals surface area contributed by atoms with Gasteiger partial charge in [0.25, 0.3) is 5.69 Å². The molecule has 0 bridgehead atoms. The summed E-state index contributed by atoms with van der Waals surface area (Å²) in [6, 6.07) is 14.3. The van der Waals surface area contributed by atoms with Gasteiger partial charge in [0.1, 0.15) is 6.61 Å². The van der Waals surface area contributed by atoms with Crippen LogP contribution in [0.2, 0.25) is 0 Å². The smallest absolute Gasteiger partial charge is 0.335 e. The van der Waals surface area contributed by atoms with Crippen molar-refractivity contribution in [3.63, 3.8) is 0 Å². The Morgan fingerprint density at radius 1 is 1.21 bits per heavy atom. The number of non-ortho nitro benzene ring substituents is 1. The number of ether oxygens (including phenoxy) is 2. The third-order valence-corrected chi connectivity index (χ3v) is 3.59. The molecule has 1 aliphatic rings. The van der Waals surface area contributed by atoms with Crippen LogP contribution < -0.4 is 0 Å². The summed E-state index contributed by atoms with van der Waals surface area (Å²) in [4.78, 5) is 26.6. The van der Waals surface area contributed by atoms with Gasteiger partial charge in [-0.25, -0.2) is 9.79 Å². The summed E-state index contributed by atoms with van der Waals surface area (Å²) < 4.78 is 10.6. The van der Waals surface area contributed by atoms with Crippen LogP contribution in [0.1, 0.15) is 17.2 Å². The summed E-state index contributed by atoms with van der Waals surface area (Å²) in [6.45, 7) is 0.132. The van der Waals surface area contributed by atoms with E-state index in [0.29, 0.717) is 5.56 Å². The topological polar surface area (TPSA) is 91.0 Å². The summed E-state index contributed by atoms with van der Waals surface area (Å²) in [5.41, 5.74) is 1.29. The van der Waals surface area contributed by atoms with Crippen LogP contribution in [0.4, 0.5) is 5.69 Å². The lowest BCUT2D eigenvalue weighted by Gasteiger charge is -2.16. The van der Waals surface area contributed by atoms with Crippen molar-refractivity contribution in [2.75, 3.05) is 0 Å². The van der Waals surface area contributed by atoms with Crippen LogP contribution in [0, 0.1) is 10.1 Å². The molecule has 0 saturated heterocycles. The van der Waals surface area contributed by atoms with E-state index in [1.165, 1.54) is 18.5 Å². The van der Waals surface area contributed by atoms with Gasteiger partial charge < -0.3 is 9.47 Å². The van der Waals surface area contributed by atoms with E-state index in [9.17, 15) is 14.9 Å². The number of hydrogen-bond donors (Lipinski definition) is 0. The fraction of sp³-hybridized carbons (Fsp3) is 0.176. The Labute approximate surface area is 137 Å². The molecule has 7 nitrogen and oxygen atoms in total. The molecule has 2 aromatic carbocycles. The SMILES string of the molecule is O=C(OCc1ccccc1)[C@H]1N=CO[C@@H]1c1cccc([N+](=O)[O-])c1. The van der Waals surface area contributed by atoms with E-state index >= 15 is 0 Å². The molecule has 2 aromatic rings. The molecule has 1 aliphatic heterocycles. The Balaban J connectivity index is 1.70. The monoisotopic (exact) mass is 326 g/mol. The van der Waals surface area contributed by atoms with E-state index in [4.69, 9.17) is 9.47 Å². The average Bonchev–Trinajstić information content (AvgIpc) is 3.10. The molecule has 3 rings (SSSR count). The first-order chi connectivity index (χ1) is 11.6. The molecule has 7 heteroatoms. The highest BCUT2D eigenvalue weighted by molar-refractivity contribution is 5.80. The van der Waals surface area contributed by atoms with Crippen LogP contribution in [0.3, 0.4) is 0 Å². The Morgan fingerprint density at radius 3 is 2.75 bits per heavy atom. The fourth-order valence-electron chi connectivity index (χ4n) is 2.39. The first-order valence-corrected chi connectivity index (χ1v) is 7.27. The maximum Gasteiger partial charge on any atom is 0.335 e. The average molecular weight is 326 g/mol.